The summed E-state index contributed by atoms with van der Waals surface area (Å²) in [7, 11) is 1.36. The number of esters is 1. The molecule has 30 heavy (non-hydrogen) atoms. The van der Waals surface area contributed by atoms with Crippen LogP contribution in [0.25, 0.3) is 5.57 Å². The summed E-state index contributed by atoms with van der Waals surface area (Å²) in [5, 5.41) is 9.26. The van der Waals surface area contributed by atoms with Gasteiger partial charge < -0.3 is 9.64 Å². The lowest BCUT2D eigenvalue weighted by molar-refractivity contribution is -0.155. The number of hydrogen-bond acceptors (Lipinski definition) is 4. The van der Waals surface area contributed by atoms with Crippen molar-refractivity contribution in [2.75, 3.05) is 7.11 Å². The fourth-order valence-electron chi connectivity index (χ4n) is 3.34. The molecule has 162 valence electrons. The third-order valence-corrected chi connectivity index (χ3v) is 5.00. The Kier molecular flexibility index (Phi) is 10.6. The first-order chi connectivity index (χ1) is 14.3. The van der Waals surface area contributed by atoms with E-state index >= 15 is 0 Å². The van der Waals surface area contributed by atoms with E-state index < -0.39 is 12.0 Å². The van der Waals surface area contributed by atoms with Gasteiger partial charge in [0, 0.05) is 18.5 Å². The van der Waals surface area contributed by atoms with Crippen molar-refractivity contribution in [2.24, 2.45) is 5.92 Å². The highest BCUT2D eigenvalue weighted by molar-refractivity contribution is 5.85. The zero-order chi connectivity index (χ0) is 22.7. The molecule has 5 nitrogen and oxygen atoms in total. The second-order valence-corrected chi connectivity index (χ2v) is 7.68. The first kappa shape index (κ1) is 25.2. The maximum absolute atomic E-state index is 12.9. The van der Waals surface area contributed by atoms with Gasteiger partial charge in [0.15, 0.2) is 0 Å². The Morgan fingerprint density at radius 1 is 1.23 bits per heavy atom. The van der Waals surface area contributed by atoms with Crippen molar-refractivity contribution < 1.29 is 14.3 Å². The van der Waals surface area contributed by atoms with Gasteiger partial charge in [-0.3, -0.25) is 4.79 Å². The smallest absolute Gasteiger partial charge is 0.328 e. The molecule has 0 bridgehead atoms. The maximum atomic E-state index is 12.9. The third kappa shape index (κ3) is 6.88. The third-order valence-electron chi connectivity index (χ3n) is 5.00. The number of unbranched alkanes of at least 4 members (excludes halogenated alkanes) is 1. The number of nitriles is 1. The number of carbonyl (C=O) groups excluding carboxylic acids is 2. The number of amides is 1. The van der Waals surface area contributed by atoms with Crippen molar-refractivity contribution in [1.82, 2.24) is 4.90 Å². The van der Waals surface area contributed by atoms with Gasteiger partial charge in [0.1, 0.15) is 6.04 Å². The van der Waals surface area contributed by atoms with Crippen molar-refractivity contribution in [1.29, 1.82) is 5.26 Å². The van der Waals surface area contributed by atoms with Crippen LogP contribution in [0.5, 0.6) is 0 Å². The van der Waals surface area contributed by atoms with E-state index in [0.29, 0.717) is 18.5 Å². The maximum Gasteiger partial charge on any atom is 0.328 e. The monoisotopic (exact) mass is 410 g/mol. The average molecular weight is 411 g/mol. The SMILES string of the molecule is CC=CC(=C(C)C#N)c1ccc(CN(C(=O)CCCC)C(C(=O)OC)C(C)C)cc1. The minimum atomic E-state index is -0.627. The van der Waals surface area contributed by atoms with Gasteiger partial charge in [-0.25, -0.2) is 4.79 Å². The topological polar surface area (TPSA) is 70.4 Å². The van der Waals surface area contributed by atoms with E-state index in [0.717, 1.165) is 29.5 Å². The van der Waals surface area contributed by atoms with Crippen LogP contribution in [-0.2, 0) is 20.9 Å². The summed E-state index contributed by atoms with van der Waals surface area (Å²) in [6.45, 7) is 9.92. The Morgan fingerprint density at radius 2 is 1.87 bits per heavy atom. The van der Waals surface area contributed by atoms with Gasteiger partial charge in [0.05, 0.1) is 13.2 Å². The Hall–Kier alpha value is -2.87. The Bertz CT molecular complexity index is 814. The molecule has 0 radical (unpaired) electrons. The lowest BCUT2D eigenvalue weighted by Gasteiger charge is -2.32. The zero-order valence-electron chi connectivity index (χ0n) is 19.1. The fraction of sp³-hybridized carbons (Fsp3) is 0.480. The first-order valence-corrected chi connectivity index (χ1v) is 10.5. The lowest BCUT2D eigenvalue weighted by atomic mass is 9.98. The summed E-state index contributed by atoms with van der Waals surface area (Å²) in [6, 6.07) is 9.35. The van der Waals surface area contributed by atoms with Crippen LogP contribution in [0.3, 0.4) is 0 Å². The minimum absolute atomic E-state index is 0.0418. The first-order valence-electron chi connectivity index (χ1n) is 10.5. The van der Waals surface area contributed by atoms with Gasteiger partial charge in [-0.1, -0.05) is 63.6 Å². The van der Waals surface area contributed by atoms with Crippen LogP contribution < -0.4 is 0 Å². The summed E-state index contributed by atoms with van der Waals surface area (Å²) in [5.74, 6) is -0.501. The van der Waals surface area contributed by atoms with Crippen LogP contribution in [0.15, 0.2) is 42.0 Å². The molecular weight excluding hydrogens is 376 g/mol. The minimum Gasteiger partial charge on any atom is -0.467 e. The van der Waals surface area contributed by atoms with Crippen LogP contribution in [0.1, 0.15) is 65.0 Å². The molecule has 0 N–H and O–H groups in total. The zero-order valence-corrected chi connectivity index (χ0v) is 19.1. The number of nitrogens with zero attached hydrogens (tertiary/aromatic N) is 2. The standard InChI is InChI=1S/C25H34N2O3/c1-7-9-11-23(28)27(24(18(3)4)25(29)30-6)17-20-12-14-21(15-13-20)22(10-8-2)19(5)16-26/h8,10,12-15,18,24H,7,9,11,17H2,1-6H3. The number of benzene rings is 1. The van der Waals surface area contributed by atoms with E-state index in [1.807, 2.05) is 64.1 Å². The molecule has 1 unspecified atom stereocenters. The van der Waals surface area contributed by atoms with Crippen molar-refractivity contribution in [3.05, 3.63) is 53.1 Å². The molecule has 1 rings (SSSR count). The molecule has 0 aromatic heterocycles. The number of hydrogen-bond donors (Lipinski definition) is 0. The fourth-order valence-corrected chi connectivity index (χ4v) is 3.34. The molecule has 0 aliphatic carbocycles. The highest BCUT2D eigenvalue weighted by Crippen LogP contribution is 2.23. The van der Waals surface area contributed by atoms with Gasteiger partial charge >= 0.3 is 5.97 Å². The lowest BCUT2D eigenvalue weighted by Crippen LogP contribution is -2.48. The van der Waals surface area contributed by atoms with E-state index in [-0.39, 0.29) is 11.8 Å². The van der Waals surface area contributed by atoms with Crippen LogP contribution in [-0.4, -0.2) is 29.9 Å². The predicted octanol–water partition coefficient (Wildman–Crippen LogP) is 5.28. The summed E-state index contributed by atoms with van der Waals surface area (Å²) in [4.78, 5) is 27.0. The molecule has 0 heterocycles. The Labute approximate surface area is 181 Å². The van der Waals surface area contributed by atoms with Crippen molar-refractivity contribution >= 4 is 17.4 Å². The molecule has 0 saturated heterocycles. The van der Waals surface area contributed by atoms with Gasteiger partial charge in [-0.05, 0) is 42.9 Å². The van der Waals surface area contributed by atoms with Gasteiger partial charge in [-0.2, -0.15) is 5.26 Å². The summed E-state index contributed by atoms with van der Waals surface area (Å²) in [5.41, 5.74) is 3.38. The normalized spacial score (nSPS) is 13.0. The number of methoxy groups -OCH3 is 1. The highest BCUT2D eigenvalue weighted by Gasteiger charge is 2.33. The number of rotatable bonds is 10. The van der Waals surface area contributed by atoms with Crippen LogP contribution in [0.4, 0.5) is 0 Å². The van der Waals surface area contributed by atoms with Crippen LogP contribution >= 0.6 is 0 Å². The van der Waals surface area contributed by atoms with Crippen molar-refractivity contribution in [2.45, 2.75) is 66.5 Å². The number of carbonyl (C=O) groups is 2. The molecule has 0 aliphatic rings. The molecule has 0 saturated carbocycles. The largest absolute Gasteiger partial charge is 0.467 e. The second-order valence-electron chi connectivity index (χ2n) is 7.68. The van der Waals surface area contributed by atoms with E-state index in [2.05, 4.69) is 6.07 Å². The Morgan fingerprint density at radius 3 is 2.33 bits per heavy atom. The summed E-state index contributed by atoms with van der Waals surface area (Å²) >= 11 is 0. The molecule has 1 aromatic rings. The molecule has 5 heteroatoms. The molecular formula is C25H34N2O3. The van der Waals surface area contributed by atoms with E-state index in [1.54, 1.807) is 11.8 Å². The molecule has 0 spiro atoms. The van der Waals surface area contributed by atoms with E-state index in [9.17, 15) is 14.9 Å². The van der Waals surface area contributed by atoms with Crippen molar-refractivity contribution in [3.8, 4) is 6.07 Å². The van der Waals surface area contributed by atoms with E-state index in [1.165, 1.54) is 7.11 Å². The number of ether oxygens (including phenoxy) is 1. The van der Waals surface area contributed by atoms with Crippen LogP contribution in [0.2, 0.25) is 0 Å². The molecule has 0 aliphatic heterocycles. The van der Waals surface area contributed by atoms with Gasteiger partial charge in [0.25, 0.3) is 0 Å². The quantitative estimate of drug-likeness (QED) is 0.299. The Balaban J connectivity index is 3.25. The summed E-state index contributed by atoms with van der Waals surface area (Å²) < 4.78 is 4.99. The van der Waals surface area contributed by atoms with Crippen LogP contribution in [0, 0.1) is 17.2 Å². The molecule has 0 fully saturated rings. The molecule has 1 atom stereocenters. The summed E-state index contributed by atoms with van der Waals surface area (Å²) in [6.07, 6.45) is 5.93. The van der Waals surface area contributed by atoms with Gasteiger partial charge in [-0.15, -0.1) is 0 Å². The number of allylic oxidation sites excluding steroid dienone is 4. The van der Waals surface area contributed by atoms with E-state index in [4.69, 9.17) is 4.74 Å². The van der Waals surface area contributed by atoms with Gasteiger partial charge in [0.2, 0.25) is 5.91 Å². The highest BCUT2D eigenvalue weighted by atomic mass is 16.5. The second kappa shape index (κ2) is 12.6. The predicted molar refractivity (Wildman–Crippen MR) is 120 cm³/mol. The van der Waals surface area contributed by atoms with Crippen molar-refractivity contribution in [3.63, 3.8) is 0 Å². The molecule has 1 amide bonds. The average Bonchev–Trinajstić information content (AvgIpc) is 2.74. The molecule has 1 aromatic carbocycles.